The Morgan fingerprint density at radius 2 is 1.51 bits per heavy atom. The molecule has 0 aliphatic carbocycles. The van der Waals surface area contributed by atoms with Crippen LogP contribution < -0.4 is 32.7 Å². The maximum atomic E-state index is 13.1. The number of benzene rings is 1. The lowest BCUT2D eigenvalue weighted by Crippen LogP contribution is -2.57. The number of carboxylic acid groups (broad SMARTS) is 1. The van der Waals surface area contributed by atoms with Gasteiger partial charge in [-0.15, -0.1) is 0 Å². The second-order valence-corrected chi connectivity index (χ2v) is 9.80. The predicted octanol–water partition coefficient (Wildman–Crippen LogP) is -0.831. The standard InChI is InChI=1S/C27H39N7O7/c1-15(24(37)34-22(27(40)41)13-17-14-30-19-8-4-3-7-18(17)19)31-25(38)21(10-11-23(29)36)33-26(39)20(32-16(2)35)9-5-6-12-28/h3-4,7-8,14-15,20-22,30H,5-6,9-13,28H2,1-2H3,(H2,29,36)(H,31,38)(H,32,35)(H,33,39)(H,34,37)(H,40,41)/t15-,20-,21-,22-/m0/s1. The smallest absolute Gasteiger partial charge is 0.326 e. The molecule has 10 N–H and O–H groups in total. The van der Waals surface area contributed by atoms with Crippen molar-refractivity contribution < 1.29 is 33.9 Å². The van der Waals surface area contributed by atoms with E-state index in [1.165, 1.54) is 13.8 Å². The zero-order valence-electron chi connectivity index (χ0n) is 23.2. The lowest BCUT2D eigenvalue weighted by Gasteiger charge is -2.24. The highest BCUT2D eigenvalue weighted by molar-refractivity contribution is 5.95. The highest BCUT2D eigenvalue weighted by Gasteiger charge is 2.30. The van der Waals surface area contributed by atoms with Gasteiger partial charge in [-0.3, -0.25) is 24.0 Å². The van der Waals surface area contributed by atoms with E-state index in [-0.39, 0.29) is 25.7 Å². The molecule has 0 saturated carbocycles. The summed E-state index contributed by atoms with van der Waals surface area (Å²) in [6.45, 7) is 3.02. The van der Waals surface area contributed by atoms with Crippen molar-refractivity contribution in [2.75, 3.05) is 6.54 Å². The summed E-state index contributed by atoms with van der Waals surface area (Å²) in [5.41, 5.74) is 12.2. The number of nitrogens with one attached hydrogen (secondary N) is 5. The number of hydrogen-bond acceptors (Lipinski definition) is 7. The molecule has 0 aliphatic rings. The van der Waals surface area contributed by atoms with Crippen molar-refractivity contribution >= 4 is 46.4 Å². The summed E-state index contributed by atoms with van der Waals surface area (Å²) in [4.78, 5) is 76.8. The van der Waals surface area contributed by atoms with E-state index in [0.29, 0.717) is 24.9 Å². The number of carbonyl (C=O) groups is 6. The maximum Gasteiger partial charge on any atom is 0.326 e. The molecular formula is C27H39N7O7. The highest BCUT2D eigenvalue weighted by Crippen LogP contribution is 2.19. The van der Waals surface area contributed by atoms with Gasteiger partial charge in [-0.05, 0) is 50.8 Å². The molecule has 14 heteroatoms. The number of carbonyl (C=O) groups excluding carboxylic acids is 5. The molecule has 0 spiro atoms. The minimum absolute atomic E-state index is 0.00224. The second kappa shape index (κ2) is 16.0. The van der Waals surface area contributed by atoms with Gasteiger partial charge in [0.25, 0.3) is 0 Å². The molecule has 4 atom stereocenters. The van der Waals surface area contributed by atoms with E-state index in [4.69, 9.17) is 11.5 Å². The Morgan fingerprint density at radius 3 is 2.15 bits per heavy atom. The Balaban J connectivity index is 2.08. The van der Waals surface area contributed by atoms with Crippen molar-refractivity contribution in [3.8, 4) is 0 Å². The number of aliphatic carboxylic acids is 1. The number of carboxylic acids is 1. The first-order valence-corrected chi connectivity index (χ1v) is 13.4. The summed E-state index contributed by atoms with van der Waals surface area (Å²) in [5, 5.41) is 20.5. The predicted molar refractivity (Wildman–Crippen MR) is 150 cm³/mol. The van der Waals surface area contributed by atoms with Gasteiger partial charge in [-0.25, -0.2) is 4.79 Å². The minimum Gasteiger partial charge on any atom is -0.480 e. The van der Waals surface area contributed by atoms with Gasteiger partial charge in [0.2, 0.25) is 29.5 Å². The van der Waals surface area contributed by atoms with Crippen molar-refractivity contribution in [2.24, 2.45) is 11.5 Å². The zero-order valence-corrected chi connectivity index (χ0v) is 23.2. The number of primary amides is 1. The first-order chi connectivity index (χ1) is 19.4. The van der Waals surface area contributed by atoms with Gasteiger partial charge in [0, 0.05) is 36.9 Å². The summed E-state index contributed by atoms with van der Waals surface area (Å²) in [5.74, 6) is -4.60. The second-order valence-electron chi connectivity index (χ2n) is 9.80. The topological polar surface area (TPSA) is 239 Å². The number of aromatic nitrogens is 1. The monoisotopic (exact) mass is 573 g/mol. The highest BCUT2D eigenvalue weighted by atomic mass is 16.4. The van der Waals surface area contributed by atoms with Crippen LogP contribution in [0.5, 0.6) is 0 Å². The third kappa shape index (κ3) is 10.6. The molecule has 1 aromatic carbocycles. The fourth-order valence-electron chi connectivity index (χ4n) is 4.23. The van der Waals surface area contributed by atoms with Crippen LogP contribution in [-0.4, -0.2) is 76.3 Å². The Morgan fingerprint density at radius 1 is 0.878 bits per heavy atom. The van der Waals surface area contributed by atoms with Crippen LogP contribution in [0.3, 0.4) is 0 Å². The Hall–Kier alpha value is -4.46. The summed E-state index contributed by atoms with van der Waals surface area (Å²) < 4.78 is 0. The number of unbranched alkanes of at least 4 members (excludes halogenated alkanes) is 1. The van der Waals surface area contributed by atoms with Gasteiger partial charge in [-0.2, -0.15) is 0 Å². The average Bonchev–Trinajstić information content (AvgIpc) is 3.32. The summed E-state index contributed by atoms with van der Waals surface area (Å²) >= 11 is 0. The van der Waals surface area contributed by atoms with Crippen LogP contribution in [0, 0.1) is 0 Å². The van der Waals surface area contributed by atoms with Gasteiger partial charge in [0.05, 0.1) is 0 Å². The van der Waals surface area contributed by atoms with E-state index >= 15 is 0 Å². The third-order valence-corrected chi connectivity index (χ3v) is 6.42. The number of fused-ring (bicyclic) bond motifs is 1. The number of rotatable bonds is 17. The first kappa shape index (κ1) is 32.8. The maximum absolute atomic E-state index is 13.1. The van der Waals surface area contributed by atoms with Crippen LogP contribution in [-0.2, 0) is 35.2 Å². The van der Waals surface area contributed by atoms with E-state index in [1.54, 1.807) is 6.20 Å². The number of aromatic amines is 1. The average molecular weight is 574 g/mol. The molecule has 0 bridgehead atoms. The molecule has 0 unspecified atom stereocenters. The van der Waals surface area contributed by atoms with E-state index in [2.05, 4.69) is 26.3 Å². The van der Waals surface area contributed by atoms with Gasteiger partial charge in [0.15, 0.2) is 0 Å². The Kier molecular flexibility index (Phi) is 12.7. The quantitative estimate of drug-likeness (QED) is 0.111. The van der Waals surface area contributed by atoms with Crippen LogP contribution in [0.1, 0.15) is 51.5 Å². The minimum atomic E-state index is -1.28. The van der Waals surface area contributed by atoms with E-state index in [1.807, 2.05) is 24.3 Å². The summed E-state index contributed by atoms with van der Waals surface area (Å²) in [6.07, 6.45) is 2.73. The number of hydrogen-bond donors (Lipinski definition) is 8. The van der Waals surface area contributed by atoms with Crippen molar-refractivity contribution in [1.29, 1.82) is 0 Å². The summed E-state index contributed by atoms with van der Waals surface area (Å²) in [6, 6.07) is 2.68. The third-order valence-electron chi connectivity index (χ3n) is 6.42. The number of H-pyrrole nitrogens is 1. The van der Waals surface area contributed by atoms with Gasteiger partial charge in [0.1, 0.15) is 24.2 Å². The fourth-order valence-corrected chi connectivity index (χ4v) is 4.23. The van der Waals surface area contributed by atoms with Crippen molar-refractivity contribution in [1.82, 2.24) is 26.3 Å². The molecule has 1 heterocycles. The molecule has 0 saturated heterocycles. The van der Waals surface area contributed by atoms with Crippen LogP contribution in [0.15, 0.2) is 30.5 Å². The van der Waals surface area contributed by atoms with Crippen molar-refractivity contribution in [2.45, 2.75) is 76.5 Å². The molecule has 14 nitrogen and oxygen atoms in total. The van der Waals surface area contributed by atoms with Crippen LogP contribution in [0.4, 0.5) is 0 Å². The fraction of sp³-hybridized carbons (Fsp3) is 0.481. The molecule has 0 aliphatic heterocycles. The van der Waals surface area contributed by atoms with Gasteiger partial charge < -0.3 is 42.8 Å². The number of amides is 5. The van der Waals surface area contributed by atoms with E-state index < -0.39 is 59.7 Å². The first-order valence-electron chi connectivity index (χ1n) is 13.4. The van der Waals surface area contributed by atoms with Gasteiger partial charge in [-0.1, -0.05) is 18.2 Å². The normalized spacial score (nSPS) is 13.8. The number of para-hydroxylation sites is 1. The Bertz CT molecular complexity index is 1250. The Labute approximate surface area is 237 Å². The lowest BCUT2D eigenvalue weighted by atomic mass is 10.0. The molecule has 0 fully saturated rings. The number of nitrogens with two attached hydrogens (primary N) is 2. The zero-order chi connectivity index (χ0) is 30.5. The van der Waals surface area contributed by atoms with Crippen molar-refractivity contribution in [3.63, 3.8) is 0 Å². The molecule has 41 heavy (non-hydrogen) atoms. The van der Waals surface area contributed by atoms with Crippen LogP contribution >= 0.6 is 0 Å². The SMILES string of the molecule is CC(=O)N[C@@H](CCCCN)C(=O)N[C@@H](CCC(N)=O)C(=O)N[C@@H](C)C(=O)N[C@@H](Cc1c[nH]c2ccccc12)C(=O)O. The molecule has 2 aromatic rings. The molecule has 1 aromatic heterocycles. The van der Waals surface area contributed by atoms with E-state index in [0.717, 1.165) is 10.9 Å². The summed E-state index contributed by atoms with van der Waals surface area (Å²) in [7, 11) is 0. The van der Waals surface area contributed by atoms with E-state index in [9.17, 15) is 33.9 Å². The van der Waals surface area contributed by atoms with Crippen LogP contribution in [0.2, 0.25) is 0 Å². The molecular weight excluding hydrogens is 534 g/mol. The largest absolute Gasteiger partial charge is 0.480 e. The molecule has 2 rings (SSSR count). The van der Waals surface area contributed by atoms with Crippen LogP contribution in [0.25, 0.3) is 10.9 Å². The van der Waals surface area contributed by atoms with Crippen molar-refractivity contribution in [3.05, 3.63) is 36.0 Å². The van der Waals surface area contributed by atoms with Gasteiger partial charge >= 0.3 is 5.97 Å². The molecule has 0 radical (unpaired) electrons. The molecule has 224 valence electrons. The molecule has 5 amide bonds. The lowest BCUT2D eigenvalue weighted by molar-refractivity contribution is -0.142.